The van der Waals surface area contributed by atoms with Crippen molar-refractivity contribution in [1.82, 2.24) is 14.6 Å². The van der Waals surface area contributed by atoms with Gasteiger partial charge < -0.3 is 19.7 Å². The Morgan fingerprint density at radius 1 is 1.52 bits per heavy atom. The zero-order chi connectivity index (χ0) is 16.0. The minimum Gasteiger partial charge on any atom is -0.396 e. The molecule has 0 radical (unpaired) electrons. The van der Waals surface area contributed by atoms with Gasteiger partial charge in [0.05, 0.1) is 6.61 Å². The van der Waals surface area contributed by atoms with E-state index in [2.05, 4.69) is 10.0 Å². The lowest BCUT2D eigenvalue weighted by molar-refractivity contribution is 0.0955. The molecular formula is C12H21N3O5S. The van der Waals surface area contributed by atoms with Crippen molar-refractivity contribution in [3.63, 3.8) is 0 Å². The molecule has 1 amide bonds. The normalized spacial score (nSPS) is 13.1. The number of hydrogen-bond acceptors (Lipinski definition) is 5. The highest BCUT2D eigenvalue weighted by Crippen LogP contribution is 2.14. The predicted molar refractivity (Wildman–Crippen MR) is 76.5 cm³/mol. The van der Waals surface area contributed by atoms with Crippen molar-refractivity contribution in [3.8, 4) is 0 Å². The Bertz CT molecular complexity index is 576. The molecule has 0 saturated carbocycles. The highest BCUT2D eigenvalue weighted by atomic mass is 32.2. The van der Waals surface area contributed by atoms with Crippen LogP contribution in [0, 0.1) is 0 Å². The van der Waals surface area contributed by atoms with Gasteiger partial charge >= 0.3 is 0 Å². The van der Waals surface area contributed by atoms with Crippen LogP contribution in [0.3, 0.4) is 0 Å². The van der Waals surface area contributed by atoms with Gasteiger partial charge in [-0.3, -0.25) is 4.79 Å². The van der Waals surface area contributed by atoms with Crippen LogP contribution in [0.1, 0.15) is 16.9 Å². The summed E-state index contributed by atoms with van der Waals surface area (Å²) >= 11 is 0. The van der Waals surface area contributed by atoms with Crippen LogP contribution in [0.4, 0.5) is 0 Å². The standard InChI is InChI=1S/C12H21N3O5S/c1-13-12(17)11-6-10(7-15(11)2)21(18,19)14-9(4-5-16)8-20-3/h6-7,9,14,16H,4-5,8H2,1-3H3,(H,13,17). The van der Waals surface area contributed by atoms with E-state index < -0.39 is 16.1 Å². The van der Waals surface area contributed by atoms with E-state index in [-0.39, 0.29) is 36.1 Å². The number of carbonyl (C=O) groups is 1. The number of amides is 1. The van der Waals surface area contributed by atoms with Gasteiger partial charge in [-0.1, -0.05) is 0 Å². The van der Waals surface area contributed by atoms with Crippen LogP contribution < -0.4 is 10.0 Å². The first-order valence-corrected chi connectivity index (χ1v) is 7.84. The van der Waals surface area contributed by atoms with Crippen LogP contribution in [-0.4, -0.2) is 57.4 Å². The van der Waals surface area contributed by atoms with Gasteiger partial charge in [0, 0.05) is 40.1 Å². The summed E-state index contributed by atoms with van der Waals surface area (Å²) in [6, 6.07) is 0.762. The molecule has 0 saturated heterocycles. The van der Waals surface area contributed by atoms with Crippen LogP contribution in [0.25, 0.3) is 0 Å². The van der Waals surface area contributed by atoms with Gasteiger partial charge in [-0.2, -0.15) is 0 Å². The fourth-order valence-corrected chi connectivity index (χ4v) is 3.18. The first-order valence-electron chi connectivity index (χ1n) is 6.36. The molecule has 120 valence electrons. The average molecular weight is 319 g/mol. The van der Waals surface area contributed by atoms with E-state index in [4.69, 9.17) is 9.84 Å². The van der Waals surface area contributed by atoms with Crippen molar-refractivity contribution in [2.24, 2.45) is 7.05 Å². The lowest BCUT2D eigenvalue weighted by atomic mass is 10.2. The molecule has 1 atom stereocenters. The molecule has 3 N–H and O–H groups in total. The number of methoxy groups -OCH3 is 1. The number of aromatic nitrogens is 1. The van der Waals surface area contributed by atoms with Gasteiger partial charge in [-0.15, -0.1) is 0 Å². The van der Waals surface area contributed by atoms with E-state index in [1.807, 2.05) is 0 Å². The maximum Gasteiger partial charge on any atom is 0.267 e. The zero-order valence-corrected chi connectivity index (χ0v) is 13.1. The zero-order valence-electron chi connectivity index (χ0n) is 12.3. The topological polar surface area (TPSA) is 110 Å². The average Bonchev–Trinajstić information content (AvgIpc) is 2.81. The fourth-order valence-electron chi connectivity index (χ4n) is 1.86. The number of aryl methyl sites for hydroxylation is 1. The summed E-state index contributed by atoms with van der Waals surface area (Å²) in [4.78, 5) is 11.6. The second kappa shape index (κ2) is 7.55. The van der Waals surface area contributed by atoms with E-state index >= 15 is 0 Å². The first-order chi connectivity index (χ1) is 9.85. The molecule has 0 aromatic carbocycles. The molecule has 1 aromatic heterocycles. The molecular weight excluding hydrogens is 298 g/mol. The van der Waals surface area contributed by atoms with E-state index in [0.29, 0.717) is 0 Å². The molecule has 1 rings (SSSR count). The summed E-state index contributed by atoms with van der Waals surface area (Å²) in [5.74, 6) is -0.372. The van der Waals surface area contributed by atoms with Gasteiger partial charge in [0.15, 0.2) is 0 Å². The number of ether oxygens (including phenoxy) is 1. The van der Waals surface area contributed by atoms with E-state index in [1.54, 1.807) is 7.05 Å². The third-order valence-corrected chi connectivity index (χ3v) is 4.40. The van der Waals surface area contributed by atoms with Crippen LogP contribution in [0.5, 0.6) is 0 Å². The summed E-state index contributed by atoms with van der Waals surface area (Å²) < 4.78 is 33.4. The smallest absolute Gasteiger partial charge is 0.267 e. The van der Waals surface area contributed by atoms with E-state index in [1.165, 1.54) is 31.0 Å². The summed E-state index contributed by atoms with van der Waals surface area (Å²) in [6.45, 7) is -0.0102. The Balaban J connectivity index is 2.99. The molecule has 0 spiro atoms. The number of rotatable bonds is 8. The Kier molecular flexibility index (Phi) is 6.34. The van der Waals surface area contributed by atoms with Crippen molar-refractivity contribution in [2.75, 3.05) is 27.4 Å². The van der Waals surface area contributed by atoms with Crippen molar-refractivity contribution < 1.29 is 23.1 Å². The maximum atomic E-state index is 12.3. The maximum absolute atomic E-state index is 12.3. The van der Waals surface area contributed by atoms with Gasteiger partial charge in [0.25, 0.3) is 5.91 Å². The van der Waals surface area contributed by atoms with Crippen LogP contribution in [-0.2, 0) is 21.8 Å². The van der Waals surface area contributed by atoms with Crippen LogP contribution in [0.15, 0.2) is 17.2 Å². The number of aliphatic hydroxyl groups is 1. The Labute approximate surface area is 124 Å². The van der Waals surface area contributed by atoms with E-state index in [9.17, 15) is 13.2 Å². The number of nitrogens with zero attached hydrogens (tertiary/aromatic N) is 1. The quantitative estimate of drug-likeness (QED) is 0.573. The predicted octanol–water partition coefficient (Wildman–Crippen LogP) is -0.940. The molecule has 21 heavy (non-hydrogen) atoms. The first kappa shape index (κ1) is 17.6. The lowest BCUT2D eigenvalue weighted by Gasteiger charge is -2.16. The highest BCUT2D eigenvalue weighted by Gasteiger charge is 2.23. The summed E-state index contributed by atoms with van der Waals surface area (Å²) in [5, 5.41) is 11.4. The molecule has 0 aliphatic carbocycles. The summed E-state index contributed by atoms with van der Waals surface area (Å²) in [5.41, 5.74) is 0.239. The van der Waals surface area contributed by atoms with Gasteiger partial charge in [0.1, 0.15) is 10.6 Å². The molecule has 0 bridgehead atoms. The summed E-state index contributed by atoms with van der Waals surface area (Å²) in [6.07, 6.45) is 1.60. The minimum atomic E-state index is -3.79. The van der Waals surface area contributed by atoms with Gasteiger partial charge in [-0.25, -0.2) is 13.1 Å². The second-order valence-corrected chi connectivity index (χ2v) is 6.25. The lowest BCUT2D eigenvalue weighted by Crippen LogP contribution is -2.38. The molecule has 0 fully saturated rings. The Morgan fingerprint density at radius 2 is 2.19 bits per heavy atom. The van der Waals surface area contributed by atoms with Crippen molar-refractivity contribution >= 4 is 15.9 Å². The number of aliphatic hydroxyl groups excluding tert-OH is 1. The third kappa shape index (κ3) is 4.53. The summed E-state index contributed by atoms with van der Waals surface area (Å²) in [7, 11) is 0.717. The molecule has 8 nitrogen and oxygen atoms in total. The fraction of sp³-hybridized carbons (Fsp3) is 0.583. The van der Waals surface area contributed by atoms with Crippen LogP contribution in [0.2, 0.25) is 0 Å². The number of carbonyl (C=O) groups excluding carboxylic acids is 1. The van der Waals surface area contributed by atoms with E-state index in [0.717, 1.165) is 0 Å². The Hall–Kier alpha value is -1.42. The number of nitrogens with one attached hydrogen (secondary N) is 2. The van der Waals surface area contributed by atoms with Gasteiger partial charge in [-0.05, 0) is 12.5 Å². The molecule has 0 aliphatic heterocycles. The highest BCUT2D eigenvalue weighted by molar-refractivity contribution is 7.89. The van der Waals surface area contributed by atoms with Crippen molar-refractivity contribution in [2.45, 2.75) is 17.4 Å². The molecule has 1 heterocycles. The number of sulfonamides is 1. The van der Waals surface area contributed by atoms with Crippen LogP contribution >= 0.6 is 0 Å². The number of hydrogen-bond donors (Lipinski definition) is 3. The minimum absolute atomic E-state index is 0.0114. The third-order valence-electron chi connectivity index (χ3n) is 2.92. The molecule has 1 unspecified atom stereocenters. The largest absolute Gasteiger partial charge is 0.396 e. The Morgan fingerprint density at radius 3 is 2.71 bits per heavy atom. The van der Waals surface area contributed by atoms with Gasteiger partial charge in [0.2, 0.25) is 10.0 Å². The monoisotopic (exact) mass is 319 g/mol. The van der Waals surface area contributed by atoms with Crippen molar-refractivity contribution in [3.05, 3.63) is 18.0 Å². The molecule has 0 aliphatic rings. The SMILES string of the molecule is CNC(=O)c1cc(S(=O)(=O)NC(CCO)COC)cn1C. The second-order valence-electron chi connectivity index (χ2n) is 4.54. The molecule has 9 heteroatoms. The molecule has 1 aromatic rings. The van der Waals surface area contributed by atoms with Crippen molar-refractivity contribution in [1.29, 1.82) is 0 Å².